The van der Waals surface area contributed by atoms with Crippen LogP contribution in [0.15, 0.2) is 40.6 Å². The maximum absolute atomic E-state index is 12.4. The predicted molar refractivity (Wildman–Crippen MR) is 87.0 cm³/mol. The van der Waals surface area contributed by atoms with Crippen molar-refractivity contribution in [1.82, 2.24) is 10.0 Å². The van der Waals surface area contributed by atoms with E-state index in [-0.39, 0.29) is 6.04 Å². The number of hydrogen-bond acceptors (Lipinski definition) is 4. The molecule has 0 aliphatic rings. The zero-order chi connectivity index (χ0) is 15.5. The van der Waals surface area contributed by atoms with E-state index in [2.05, 4.69) is 10.0 Å². The van der Waals surface area contributed by atoms with Crippen molar-refractivity contribution in [2.75, 3.05) is 7.05 Å². The van der Waals surface area contributed by atoms with E-state index in [1.165, 1.54) is 0 Å². The van der Waals surface area contributed by atoms with Crippen LogP contribution in [0.5, 0.6) is 0 Å². The van der Waals surface area contributed by atoms with E-state index in [4.69, 9.17) is 0 Å². The smallest absolute Gasteiger partial charge is 0.240 e. The van der Waals surface area contributed by atoms with Gasteiger partial charge in [-0.25, -0.2) is 13.1 Å². The number of benzene rings is 1. The lowest BCUT2D eigenvalue weighted by atomic mass is 10.1. The molecule has 1 aromatic heterocycles. The molecule has 0 aliphatic carbocycles. The monoisotopic (exact) mass is 324 g/mol. The summed E-state index contributed by atoms with van der Waals surface area (Å²) in [5.74, 6) is 0. The molecule has 2 rings (SSSR count). The van der Waals surface area contributed by atoms with Gasteiger partial charge in [0.15, 0.2) is 0 Å². The molecule has 0 radical (unpaired) electrons. The molecule has 21 heavy (non-hydrogen) atoms. The summed E-state index contributed by atoms with van der Waals surface area (Å²) in [4.78, 5) is 1.34. The van der Waals surface area contributed by atoms with Crippen LogP contribution < -0.4 is 10.0 Å². The summed E-state index contributed by atoms with van der Waals surface area (Å²) < 4.78 is 27.4. The fraction of sp³-hybridized carbons (Fsp3) is 0.333. The number of rotatable bonds is 6. The Bertz CT molecular complexity index is 708. The van der Waals surface area contributed by atoms with Crippen molar-refractivity contribution in [3.8, 4) is 0 Å². The molecule has 6 heteroatoms. The van der Waals surface area contributed by atoms with Crippen LogP contribution in [0.3, 0.4) is 0 Å². The quantitative estimate of drug-likeness (QED) is 0.859. The lowest BCUT2D eigenvalue weighted by Crippen LogP contribution is -2.23. The Balaban J connectivity index is 2.18. The minimum atomic E-state index is -3.49. The molecule has 0 amide bonds. The Kier molecular flexibility index (Phi) is 5.16. The van der Waals surface area contributed by atoms with Gasteiger partial charge in [0.1, 0.15) is 0 Å². The molecule has 4 nitrogen and oxygen atoms in total. The fourth-order valence-electron chi connectivity index (χ4n) is 1.95. The molecule has 1 aromatic carbocycles. The first-order valence-corrected chi connectivity index (χ1v) is 9.10. The highest BCUT2D eigenvalue weighted by atomic mass is 32.2. The number of hydrogen-bond donors (Lipinski definition) is 2. The summed E-state index contributed by atoms with van der Waals surface area (Å²) in [7, 11) is -1.64. The van der Waals surface area contributed by atoms with E-state index in [0.29, 0.717) is 11.4 Å². The van der Waals surface area contributed by atoms with Gasteiger partial charge in [-0.2, -0.15) is 0 Å². The van der Waals surface area contributed by atoms with Gasteiger partial charge in [-0.05, 0) is 55.6 Å². The molecule has 0 spiro atoms. The Labute approximate surface area is 130 Å². The predicted octanol–water partition coefficient (Wildman–Crippen LogP) is 2.82. The highest BCUT2D eigenvalue weighted by Crippen LogP contribution is 2.19. The van der Waals surface area contributed by atoms with Gasteiger partial charge >= 0.3 is 0 Å². The molecule has 1 unspecified atom stereocenters. The lowest BCUT2D eigenvalue weighted by Gasteiger charge is -2.12. The SMILES string of the molecule is CNC(C)c1cccc(S(=O)(=O)NCc2sccc2C)c1. The van der Waals surface area contributed by atoms with Gasteiger partial charge in [-0.3, -0.25) is 0 Å². The summed E-state index contributed by atoms with van der Waals surface area (Å²) in [5, 5.41) is 5.07. The minimum absolute atomic E-state index is 0.111. The second-order valence-corrected chi connectivity index (χ2v) is 7.70. The first kappa shape index (κ1) is 16.2. The lowest BCUT2D eigenvalue weighted by molar-refractivity contribution is 0.581. The third-order valence-corrected chi connectivity index (χ3v) is 5.91. The van der Waals surface area contributed by atoms with Crippen LogP contribution >= 0.6 is 11.3 Å². The minimum Gasteiger partial charge on any atom is -0.313 e. The van der Waals surface area contributed by atoms with Gasteiger partial charge in [-0.15, -0.1) is 11.3 Å². The zero-order valence-corrected chi connectivity index (χ0v) is 14.0. The van der Waals surface area contributed by atoms with E-state index in [1.807, 2.05) is 38.4 Å². The van der Waals surface area contributed by atoms with Crippen LogP contribution in [0, 0.1) is 6.92 Å². The van der Waals surface area contributed by atoms with Gasteiger partial charge in [0.05, 0.1) is 4.90 Å². The van der Waals surface area contributed by atoms with Crippen LogP contribution in [-0.2, 0) is 16.6 Å². The highest BCUT2D eigenvalue weighted by molar-refractivity contribution is 7.89. The second-order valence-electron chi connectivity index (χ2n) is 4.93. The zero-order valence-electron chi connectivity index (χ0n) is 12.4. The van der Waals surface area contributed by atoms with Crippen LogP contribution in [-0.4, -0.2) is 15.5 Å². The van der Waals surface area contributed by atoms with Crippen molar-refractivity contribution in [2.45, 2.75) is 31.3 Å². The summed E-state index contributed by atoms with van der Waals surface area (Å²) >= 11 is 1.56. The van der Waals surface area contributed by atoms with E-state index >= 15 is 0 Å². The largest absolute Gasteiger partial charge is 0.313 e. The Morgan fingerprint density at radius 2 is 2.05 bits per heavy atom. The van der Waals surface area contributed by atoms with Gasteiger partial charge in [-0.1, -0.05) is 12.1 Å². The maximum atomic E-state index is 12.4. The summed E-state index contributed by atoms with van der Waals surface area (Å²) in [6.07, 6.45) is 0. The van der Waals surface area contributed by atoms with Gasteiger partial charge in [0.2, 0.25) is 10.0 Å². The Hall–Kier alpha value is -1.21. The molecule has 1 heterocycles. The molecule has 0 saturated carbocycles. The van der Waals surface area contributed by atoms with Gasteiger partial charge in [0, 0.05) is 17.5 Å². The molecule has 2 aromatic rings. The highest BCUT2D eigenvalue weighted by Gasteiger charge is 2.16. The third kappa shape index (κ3) is 3.91. The normalized spacial score (nSPS) is 13.3. The van der Waals surface area contributed by atoms with E-state index < -0.39 is 10.0 Å². The molecule has 0 saturated heterocycles. The van der Waals surface area contributed by atoms with Crippen LogP contribution in [0.1, 0.15) is 29.0 Å². The summed E-state index contributed by atoms with van der Waals surface area (Å²) in [6.45, 7) is 4.31. The van der Waals surface area contributed by atoms with Gasteiger partial charge < -0.3 is 5.32 Å². The van der Waals surface area contributed by atoms with Crippen molar-refractivity contribution in [3.63, 3.8) is 0 Å². The van der Waals surface area contributed by atoms with Gasteiger partial charge in [0.25, 0.3) is 0 Å². The molecule has 114 valence electrons. The van der Waals surface area contributed by atoms with E-state index in [9.17, 15) is 8.42 Å². The van der Waals surface area contributed by atoms with E-state index in [1.54, 1.807) is 29.5 Å². The molecule has 0 fully saturated rings. The molecule has 1 atom stereocenters. The molecular formula is C15H20N2O2S2. The summed E-state index contributed by atoms with van der Waals surface area (Å²) in [6, 6.07) is 9.13. The summed E-state index contributed by atoms with van der Waals surface area (Å²) in [5.41, 5.74) is 2.06. The van der Waals surface area contributed by atoms with Crippen molar-refractivity contribution in [3.05, 3.63) is 51.7 Å². The maximum Gasteiger partial charge on any atom is 0.240 e. The van der Waals surface area contributed by atoms with Crippen molar-refractivity contribution < 1.29 is 8.42 Å². The molecular weight excluding hydrogens is 304 g/mol. The Morgan fingerprint density at radius 3 is 2.67 bits per heavy atom. The average Bonchev–Trinajstić information content (AvgIpc) is 2.90. The average molecular weight is 324 g/mol. The number of aryl methyl sites for hydroxylation is 1. The molecule has 2 N–H and O–H groups in total. The first-order valence-electron chi connectivity index (χ1n) is 6.74. The number of thiophene rings is 1. The van der Waals surface area contributed by atoms with Crippen LogP contribution in [0.25, 0.3) is 0 Å². The Morgan fingerprint density at radius 1 is 1.29 bits per heavy atom. The standard InChI is InChI=1S/C15H20N2O2S2/c1-11-7-8-20-15(11)10-17-21(18,19)14-6-4-5-13(9-14)12(2)16-3/h4-9,12,16-17H,10H2,1-3H3. The molecule has 0 aliphatic heterocycles. The first-order chi connectivity index (χ1) is 9.94. The third-order valence-electron chi connectivity index (χ3n) is 3.49. The van der Waals surface area contributed by atoms with Crippen LogP contribution in [0.4, 0.5) is 0 Å². The topological polar surface area (TPSA) is 58.2 Å². The van der Waals surface area contributed by atoms with E-state index in [0.717, 1.165) is 16.0 Å². The van der Waals surface area contributed by atoms with Crippen molar-refractivity contribution >= 4 is 21.4 Å². The fourth-order valence-corrected chi connectivity index (χ4v) is 3.93. The molecule has 0 bridgehead atoms. The van der Waals surface area contributed by atoms with Crippen molar-refractivity contribution in [1.29, 1.82) is 0 Å². The van der Waals surface area contributed by atoms with Crippen molar-refractivity contribution in [2.24, 2.45) is 0 Å². The van der Waals surface area contributed by atoms with Crippen LogP contribution in [0.2, 0.25) is 0 Å². The number of sulfonamides is 1. The number of nitrogens with one attached hydrogen (secondary N) is 2. The second kappa shape index (κ2) is 6.70.